The quantitative estimate of drug-likeness (QED) is 0.289. The Labute approximate surface area is 119 Å². The van der Waals surface area contributed by atoms with Gasteiger partial charge in [-0.25, -0.2) is 0 Å². The molecule has 1 aliphatic rings. The molecule has 0 spiro atoms. The van der Waals surface area contributed by atoms with Crippen LogP contribution in [0.15, 0.2) is 5.16 Å². The molecule has 0 aromatic rings. The second-order valence-electron chi connectivity index (χ2n) is 5.67. The molecule has 20 heavy (non-hydrogen) atoms. The van der Waals surface area contributed by atoms with Gasteiger partial charge in [-0.2, -0.15) is 0 Å². The Bertz CT molecular complexity index is 380. The predicted molar refractivity (Wildman–Crippen MR) is 74.4 cm³/mol. The van der Waals surface area contributed by atoms with E-state index in [9.17, 15) is 9.90 Å². The molecule has 1 aliphatic heterocycles. The van der Waals surface area contributed by atoms with Crippen LogP contribution in [0.4, 0.5) is 0 Å². The van der Waals surface area contributed by atoms with Gasteiger partial charge in [0.1, 0.15) is 5.41 Å². The molecule has 0 bridgehead atoms. The van der Waals surface area contributed by atoms with Crippen LogP contribution in [0.3, 0.4) is 0 Å². The zero-order chi connectivity index (χ0) is 15.4. The Morgan fingerprint density at radius 1 is 1.50 bits per heavy atom. The van der Waals surface area contributed by atoms with E-state index in [4.69, 9.17) is 15.7 Å². The first kappa shape index (κ1) is 16.7. The highest BCUT2D eigenvalue weighted by atomic mass is 16.5. The van der Waals surface area contributed by atoms with Crippen LogP contribution in [0.1, 0.15) is 33.1 Å². The van der Waals surface area contributed by atoms with E-state index in [0.29, 0.717) is 32.5 Å². The number of carbonyl (C=O) groups is 1. The number of aliphatic hydroxyl groups is 1. The minimum absolute atomic E-state index is 0.115. The average Bonchev–Trinajstić information content (AvgIpc) is 2.44. The van der Waals surface area contributed by atoms with E-state index in [1.165, 1.54) is 4.90 Å². The molecule has 0 aromatic heterocycles. The van der Waals surface area contributed by atoms with E-state index >= 15 is 0 Å². The first-order valence-corrected chi connectivity index (χ1v) is 6.83. The van der Waals surface area contributed by atoms with E-state index < -0.39 is 11.0 Å². The zero-order valence-electron chi connectivity index (χ0n) is 12.4. The van der Waals surface area contributed by atoms with Gasteiger partial charge in [0.2, 0.25) is 5.91 Å². The van der Waals surface area contributed by atoms with E-state index in [1.807, 2.05) is 0 Å². The van der Waals surface area contributed by atoms with Crippen LogP contribution in [0.25, 0.3) is 0 Å². The molecule has 4 N–H and O–H groups in total. The number of rotatable bonds is 5. The maximum absolute atomic E-state index is 12.5. The summed E-state index contributed by atoms with van der Waals surface area (Å²) in [6, 6.07) is 0. The summed E-state index contributed by atoms with van der Waals surface area (Å²) in [5.41, 5.74) is 3.64. The van der Waals surface area contributed by atoms with Crippen molar-refractivity contribution >= 4 is 11.7 Å². The summed E-state index contributed by atoms with van der Waals surface area (Å²) in [6.45, 7) is 4.62. The molecule has 1 fully saturated rings. The van der Waals surface area contributed by atoms with Crippen LogP contribution in [-0.2, 0) is 9.53 Å². The number of oxime groups is 1. The minimum Gasteiger partial charge on any atom is -0.409 e. The van der Waals surface area contributed by atoms with E-state index in [2.05, 4.69) is 5.16 Å². The van der Waals surface area contributed by atoms with Gasteiger partial charge < -0.3 is 25.7 Å². The third-order valence-electron chi connectivity index (χ3n) is 4.15. The molecule has 0 saturated carbocycles. The molecule has 1 amide bonds. The normalized spacial score (nSPS) is 22.1. The van der Waals surface area contributed by atoms with Crippen molar-refractivity contribution in [3.05, 3.63) is 0 Å². The van der Waals surface area contributed by atoms with Crippen molar-refractivity contribution in [1.29, 1.82) is 0 Å². The highest BCUT2D eigenvalue weighted by Crippen LogP contribution is 2.27. The zero-order valence-corrected chi connectivity index (χ0v) is 12.4. The van der Waals surface area contributed by atoms with Gasteiger partial charge >= 0.3 is 0 Å². The van der Waals surface area contributed by atoms with Crippen molar-refractivity contribution < 1.29 is 19.8 Å². The van der Waals surface area contributed by atoms with Gasteiger partial charge in [0.15, 0.2) is 5.84 Å². The maximum atomic E-state index is 12.5. The first-order valence-electron chi connectivity index (χ1n) is 6.83. The van der Waals surface area contributed by atoms with Crippen molar-refractivity contribution in [2.45, 2.75) is 38.7 Å². The summed E-state index contributed by atoms with van der Waals surface area (Å²) in [4.78, 5) is 14.0. The van der Waals surface area contributed by atoms with Gasteiger partial charge in [-0.1, -0.05) is 12.1 Å². The van der Waals surface area contributed by atoms with Gasteiger partial charge in [-0.05, 0) is 13.3 Å². The lowest BCUT2D eigenvalue weighted by molar-refractivity contribution is -0.143. The van der Waals surface area contributed by atoms with Gasteiger partial charge in [-0.15, -0.1) is 0 Å². The number of nitrogens with zero attached hydrogens (tertiary/aromatic N) is 2. The molecule has 7 nitrogen and oxygen atoms in total. The number of hydrogen-bond donors (Lipinski definition) is 3. The number of carbonyl (C=O) groups excluding carboxylic acids is 1. The Kier molecular flexibility index (Phi) is 5.35. The summed E-state index contributed by atoms with van der Waals surface area (Å²) in [7, 11) is 1.62. The highest BCUT2D eigenvalue weighted by Gasteiger charge is 2.41. The Hall–Kier alpha value is -1.34. The number of likely N-dealkylation sites (N-methyl/N-ethyl adjacent to an activating group) is 1. The third kappa shape index (κ3) is 3.40. The molecule has 1 unspecified atom stereocenters. The molecule has 116 valence electrons. The topological polar surface area (TPSA) is 108 Å². The Morgan fingerprint density at radius 2 is 2.05 bits per heavy atom. The lowest BCUT2D eigenvalue weighted by atomic mass is 9.84. The van der Waals surface area contributed by atoms with Gasteiger partial charge in [0.05, 0.1) is 5.60 Å². The molecule has 1 heterocycles. The van der Waals surface area contributed by atoms with Crippen LogP contribution in [0.2, 0.25) is 0 Å². The smallest absolute Gasteiger partial charge is 0.236 e. The molecule has 7 heteroatoms. The maximum Gasteiger partial charge on any atom is 0.236 e. The third-order valence-corrected chi connectivity index (χ3v) is 4.15. The van der Waals surface area contributed by atoms with Crippen molar-refractivity contribution in [2.75, 3.05) is 26.8 Å². The molecule has 0 radical (unpaired) electrons. The van der Waals surface area contributed by atoms with Crippen molar-refractivity contribution in [3.8, 4) is 0 Å². The lowest BCUT2D eigenvalue weighted by Gasteiger charge is -2.38. The van der Waals surface area contributed by atoms with Gasteiger partial charge in [-0.3, -0.25) is 4.79 Å². The largest absolute Gasteiger partial charge is 0.409 e. The fraction of sp³-hybridized carbons (Fsp3) is 0.846. The summed E-state index contributed by atoms with van der Waals surface area (Å²) in [6.07, 6.45) is 1.40. The second-order valence-corrected chi connectivity index (χ2v) is 5.67. The number of hydrogen-bond acceptors (Lipinski definition) is 5. The van der Waals surface area contributed by atoms with Crippen LogP contribution < -0.4 is 5.73 Å². The molecule has 1 atom stereocenters. The van der Waals surface area contributed by atoms with Crippen LogP contribution in [-0.4, -0.2) is 59.4 Å². The van der Waals surface area contributed by atoms with Gasteiger partial charge in [0, 0.05) is 39.6 Å². The SMILES string of the molecule is CCC(C)(C(=O)N(C)CC1(O)CCOCC1)C(N)=NO. The lowest BCUT2D eigenvalue weighted by Crippen LogP contribution is -2.53. The highest BCUT2D eigenvalue weighted by molar-refractivity contribution is 6.06. The van der Waals surface area contributed by atoms with Crippen LogP contribution >= 0.6 is 0 Å². The number of nitrogens with two attached hydrogens (primary N) is 1. The first-order chi connectivity index (χ1) is 9.29. The van der Waals surface area contributed by atoms with Crippen molar-refractivity contribution in [2.24, 2.45) is 16.3 Å². The Balaban J connectivity index is 2.80. The van der Waals surface area contributed by atoms with Crippen LogP contribution in [0.5, 0.6) is 0 Å². The van der Waals surface area contributed by atoms with E-state index in [0.717, 1.165) is 0 Å². The summed E-state index contributed by atoms with van der Waals surface area (Å²) in [5.74, 6) is -0.383. The fourth-order valence-corrected chi connectivity index (χ4v) is 2.40. The molecule has 1 saturated heterocycles. The van der Waals surface area contributed by atoms with Crippen molar-refractivity contribution in [1.82, 2.24) is 4.90 Å². The minimum atomic E-state index is -1.06. The predicted octanol–water partition coefficient (Wildman–Crippen LogP) is 0.149. The summed E-state index contributed by atoms with van der Waals surface area (Å²) < 4.78 is 5.22. The fourth-order valence-electron chi connectivity index (χ4n) is 2.40. The monoisotopic (exact) mass is 287 g/mol. The molecule has 1 rings (SSSR count). The molecular weight excluding hydrogens is 262 g/mol. The molecule has 0 aromatic carbocycles. The summed E-state index contributed by atoms with van der Waals surface area (Å²) in [5, 5.41) is 22.2. The second kappa shape index (κ2) is 6.41. The number of amides is 1. The van der Waals surface area contributed by atoms with Crippen molar-refractivity contribution in [3.63, 3.8) is 0 Å². The number of ether oxygens (including phenoxy) is 1. The van der Waals surface area contributed by atoms with Gasteiger partial charge in [0.25, 0.3) is 0 Å². The molecule has 0 aliphatic carbocycles. The average molecular weight is 287 g/mol. The van der Waals surface area contributed by atoms with E-state index in [1.54, 1.807) is 20.9 Å². The number of amidine groups is 1. The van der Waals surface area contributed by atoms with Crippen LogP contribution in [0, 0.1) is 5.41 Å². The molecular formula is C13H25N3O4. The standard InChI is InChI=1S/C13H25N3O4/c1-4-12(2,10(14)15-19)11(17)16(3)9-13(18)5-7-20-8-6-13/h18-19H,4-9H2,1-3H3,(H2,14,15). The van der Waals surface area contributed by atoms with E-state index in [-0.39, 0.29) is 18.3 Å². The Morgan fingerprint density at radius 3 is 2.50 bits per heavy atom. The summed E-state index contributed by atoms with van der Waals surface area (Å²) >= 11 is 0.